The maximum atomic E-state index is 11.8. The summed E-state index contributed by atoms with van der Waals surface area (Å²) in [5, 5.41) is 16.9. The molecule has 3 amide bonds. The number of nitrogens with one attached hydrogen (secondary N) is 3. The number of benzene rings is 1. The van der Waals surface area contributed by atoms with Crippen LogP contribution in [-0.4, -0.2) is 35.7 Å². The Morgan fingerprint density at radius 1 is 1.24 bits per heavy atom. The normalized spacial score (nSPS) is 13.1. The van der Waals surface area contributed by atoms with E-state index in [1.807, 2.05) is 32.0 Å². The zero-order chi connectivity index (χ0) is 15.7. The van der Waals surface area contributed by atoms with Crippen molar-refractivity contribution in [3.63, 3.8) is 0 Å². The molecular weight excluding hydrogens is 270 g/mol. The first-order valence-corrected chi connectivity index (χ1v) is 7.01. The summed E-state index contributed by atoms with van der Waals surface area (Å²) < 4.78 is 0. The van der Waals surface area contributed by atoms with E-state index in [2.05, 4.69) is 16.0 Å². The molecule has 1 aromatic rings. The van der Waals surface area contributed by atoms with Crippen molar-refractivity contribution in [3.05, 3.63) is 30.3 Å². The van der Waals surface area contributed by atoms with Crippen LogP contribution in [0.2, 0.25) is 0 Å². The van der Waals surface area contributed by atoms with Crippen LogP contribution in [0.3, 0.4) is 0 Å². The zero-order valence-corrected chi connectivity index (χ0v) is 12.5. The summed E-state index contributed by atoms with van der Waals surface area (Å²) in [6.07, 6.45) is 1.18. The van der Waals surface area contributed by atoms with Gasteiger partial charge in [-0.1, -0.05) is 25.1 Å². The molecule has 0 heterocycles. The first kappa shape index (κ1) is 17.0. The lowest BCUT2D eigenvalue weighted by atomic mass is 9.95. The van der Waals surface area contributed by atoms with Crippen molar-refractivity contribution < 1.29 is 14.7 Å². The summed E-state index contributed by atoms with van der Waals surface area (Å²) >= 11 is 0. The second-order valence-corrected chi connectivity index (χ2v) is 5.11. The van der Waals surface area contributed by atoms with Crippen molar-refractivity contribution in [2.24, 2.45) is 0 Å². The molecule has 1 rings (SSSR count). The van der Waals surface area contributed by atoms with E-state index in [0.29, 0.717) is 18.5 Å². The third kappa shape index (κ3) is 6.27. The highest BCUT2D eigenvalue weighted by Gasteiger charge is 2.23. The van der Waals surface area contributed by atoms with Gasteiger partial charge in [0.05, 0.1) is 6.54 Å². The summed E-state index contributed by atoms with van der Waals surface area (Å²) in [6.45, 7) is 3.70. The summed E-state index contributed by atoms with van der Waals surface area (Å²) in [5.74, 6) is -0.281. The smallest absolute Gasteiger partial charge is 0.319 e. The van der Waals surface area contributed by atoms with Gasteiger partial charge in [-0.05, 0) is 31.9 Å². The van der Waals surface area contributed by atoms with Crippen LogP contribution in [0, 0.1) is 0 Å². The van der Waals surface area contributed by atoms with Crippen molar-refractivity contribution in [2.45, 2.75) is 32.2 Å². The van der Waals surface area contributed by atoms with Crippen LogP contribution in [0.25, 0.3) is 0 Å². The van der Waals surface area contributed by atoms with Crippen LogP contribution in [0.15, 0.2) is 30.3 Å². The second-order valence-electron chi connectivity index (χ2n) is 5.11. The summed E-state index contributed by atoms with van der Waals surface area (Å²) in [6, 6.07) is 8.55. The van der Waals surface area contributed by atoms with Gasteiger partial charge in [-0.25, -0.2) is 4.79 Å². The number of anilines is 1. The lowest BCUT2D eigenvalue weighted by molar-refractivity contribution is -0.122. The molecule has 0 aliphatic carbocycles. The van der Waals surface area contributed by atoms with Crippen molar-refractivity contribution in [1.29, 1.82) is 0 Å². The van der Waals surface area contributed by atoms with Crippen LogP contribution in [0.5, 0.6) is 0 Å². The second kappa shape index (κ2) is 8.26. The maximum absolute atomic E-state index is 11.8. The Kier molecular flexibility index (Phi) is 6.68. The largest absolute Gasteiger partial charge is 0.396 e. The van der Waals surface area contributed by atoms with Gasteiger partial charge >= 0.3 is 6.03 Å². The minimum atomic E-state index is -0.455. The molecule has 0 fully saturated rings. The molecular formula is C15H23N3O3. The van der Waals surface area contributed by atoms with Gasteiger partial charge in [0.2, 0.25) is 5.91 Å². The number of carbonyl (C=O) groups excluding carboxylic acids is 2. The van der Waals surface area contributed by atoms with Gasteiger partial charge in [0, 0.05) is 17.8 Å². The van der Waals surface area contributed by atoms with E-state index in [1.54, 1.807) is 12.1 Å². The Labute approximate surface area is 124 Å². The maximum Gasteiger partial charge on any atom is 0.319 e. The minimum Gasteiger partial charge on any atom is -0.396 e. The van der Waals surface area contributed by atoms with E-state index in [0.717, 1.165) is 0 Å². The number of amides is 3. The lowest BCUT2D eigenvalue weighted by Gasteiger charge is -2.29. The lowest BCUT2D eigenvalue weighted by Crippen LogP contribution is -2.50. The molecule has 6 heteroatoms. The number of aliphatic hydroxyl groups is 1. The zero-order valence-electron chi connectivity index (χ0n) is 12.5. The highest BCUT2D eigenvalue weighted by molar-refractivity contribution is 5.92. The fraction of sp³-hybridized carbons (Fsp3) is 0.467. The third-order valence-corrected chi connectivity index (χ3v) is 3.33. The molecule has 0 aromatic heterocycles. The van der Waals surface area contributed by atoms with Crippen molar-refractivity contribution in [1.82, 2.24) is 10.6 Å². The van der Waals surface area contributed by atoms with Gasteiger partial charge in [-0.15, -0.1) is 0 Å². The van der Waals surface area contributed by atoms with Gasteiger partial charge in [0.25, 0.3) is 0 Å². The average Bonchev–Trinajstić information content (AvgIpc) is 2.46. The number of para-hydroxylation sites is 1. The third-order valence-electron chi connectivity index (χ3n) is 3.33. The molecule has 21 heavy (non-hydrogen) atoms. The minimum absolute atomic E-state index is 0.00649. The molecule has 0 radical (unpaired) electrons. The number of aliphatic hydroxyl groups excluding tert-OH is 1. The first-order valence-electron chi connectivity index (χ1n) is 7.01. The fourth-order valence-corrected chi connectivity index (χ4v) is 1.81. The number of rotatable bonds is 7. The van der Waals surface area contributed by atoms with E-state index in [9.17, 15) is 9.59 Å². The van der Waals surface area contributed by atoms with E-state index < -0.39 is 11.6 Å². The van der Waals surface area contributed by atoms with Gasteiger partial charge in [0.1, 0.15) is 0 Å². The Morgan fingerprint density at radius 3 is 2.48 bits per heavy atom. The SMILES string of the molecule is CCC(C)(CCO)NC(=O)CNC(=O)Nc1ccccc1. The van der Waals surface area contributed by atoms with Crippen LogP contribution in [0.1, 0.15) is 26.7 Å². The predicted molar refractivity (Wildman–Crippen MR) is 82.0 cm³/mol. The monoisotopic (exact) mass is 293 g/mol. The Hall–Kier alpha value is -2.08. The summed E-state index contributed by atoms with van der Waals surface area (Å²) in [4.78, 5) is 23.4. The van der Waals surface area contributed by atoms with E-state index in [1.165, 1.54) is 0 Å². The molecule has 1 atom stereocenters. The molecule has 116 valence electrons. The molecule has 0 bridgehead atoms. The van der Waals surface area contributed by atoms with Crippen LogP contribution < -0.4 is 16.0 Å². The number of carbonyl (C=O) groups is 2. The molecule has 4 N–H and O–H groups in total. The Bertz CT molecular complexity index is 464. The van der Waals surface area contributed by atoms with Gasteiger partial charge in [-0.3, -0.25) is 4.79 Å². The van der Waals surface area contributed by atoms with E-state index >= 15 is 0 Å². The van der Waals surface area contributed by atoms with Crippen LogP contribution >= 0.6 is 0 Å². The molecule has 1 unspecified atom stereocenters. The number of urea groups is 1. The molecule has 6 nitrogen and oxygen atoms in total. The number of hydrogen-bond donors (Lipinski definition) is 4. The molecule has 0 aliphatic heterocycles. The van der Waals surface area contributed by atoms with Gasteiger partial charge in [0.15, 0.2) is 0 Å². The Morgan fingerprint density at radius 2 is 1.90 bits per heavy atom. The van der Waals surface area contributed by atoms with Gasteiger partial charge in [-0.2, -0.15) is 0 Å². The van der Waals surface area contributed by atoms with Gasteiger partial charge < -0.3 is 21.1 Å². The highest BCUT2D eigenvalue weighted by atomic mass is 16.3. The molecule has 0 saturated heterocycles. The first-order chi connectivity index (χ1) is 9.99. The average molecular weight is 293 g/mol. The standard InChI is InChI=1S/C15H23N3O3/c1-3-15(2,9-10-19)18-13(20)11-16-14(21)17-12-7-5-4-6-8-12/h4-8,19H,3,9-11H2,1-2H3,(H,18,20)(H2,16,17,21). The summed E-state index contributed by atoms with van der Waals surface area (Å²) in [7, 11) is 0. The fourth-order valence-electron chi connectivity index (χ4n) is 1.81. The molecule has 0 saturated carbocycles. The van der Waals surface area contributed by atoms with Crippen molar-refractivity contribution >= 4 is 17.6 Å². The van der Waals surface area contributed by atoms with Crippen LogP contribution in [-0.2, 0) is 4.79 Å². The highest BCUT2D eigenvalue weighted by Crippen LogP contribution is 2.13. The predicted octanol–water partition coefficient (Wildman–Crippen LogP) is 1.48. The van der Waals surface area contributed by atoms with Crippen molar-refractivity contribution in [3.8, 4) is 0 Å². The molecule has 1 aromatic carbocycles. The topological polar surface area (TPSA) is 90.5 Å². The molecule has 0 spiro atoms. The molecule has 0 aliphatic rings. The summed E-state index contributed by atoms with van der Waals surface area (Å²) in [5.41, 5.74) is 0.206. The van der Waals surface area contributed by atoms with E-state index in [-0.39, 0.29) is 19.1 Å². The van der Waals surface area contributed by atoms with Crippen molar-refractivity contribution in [2.75, 3.05) is 18.5 Å². The van der Waals surface area contributed by atoms with E-state index in [4.69, 9.17) is 5.11 Å². The number of hydrogen-bond acceptors (Lipinski definition) is 3. The quantitative estimate of drug-likeness (QED) is 0.613. The van der Waals surface area contributed by atoms with Crippen LogP contribution in [0.4, 0.5) is 10.5 Å². The Balaban J connectivity index is 2.37.